The zero-order chi connectivity index (χ0) is 17.3. The molecule has 24 heavy (non-hydrogen) atoms. The van der Waals surface area contributed by atoms with Gasteiger partial charge in [-0.2, -0.15) is 11.8 Å². The van der Waals surface area contributed by atoms with Crippen LogP contribution in [0.5, 0.6) is 0 Å². The molecule has 0 fully saturated rings. The lowest BCUT2D eigenvalue weighted by Crippen LogP contribution is -2.52. The Balaban J connectivity index is 0.00000529. The van der Waals surface area contributed by atoms with E-state index in [1.807, 2.05) is 50.4 Å². The van der Waals surface area contributed by atoms with E-state index >= 15 is 0 Å². The van der Waals surface area contributed by atoms with E-state index in [0.29, 0.717) is 13.0 Å². The summed E-state index contributed by atoms with van der Waals surface area (Å²) in [5, 5.41) is 5.64. The highest BCUT2D eigenvalue weighted by atomic mass is 35.5. The average Bonchev–Trinajstić information content (AvgIpc) is 2.49. The molecular weight excluding hydrogens is 346 g/mol. The summed E-state index contributed by atoms with van der Waals surface area (Å²) in [6, 6.07) is 8.96. The molecule has 0 heterocycles. The van der Waals surface area contributed by atoms with Gasteiger partial charge >= 0.3 is 0 Å². The molecule has 0 aliphatic heterocycles. The lowest BCUT2D eigenvalue weighted by molar-refractivity contribution is -0.128. The van der Waals surface area contributed by atoms with Crippen LogP contribution in [0.4, 0.5) is 0 Å². The normalized spacial score (nSPS) is 12.0. The first-order valence-corrected chi connectivity index (χ1v) is 9.10. The Morgan fingerprint density at radius 1 is 1.25 bits per heavy atom. The Bertz CT molecular complexity index is 506. The van der Waals surface area contributed by atoms with E-state index in [1.165, 1.54) is 0 Å². The Morgan fingerprint density at radius 2 is 1.88 bits per heavy atom. The Morgan fingerprint density at radius 3 is 2.42 bits per heavy atom. The smallest absolute Gasteiger partial charge is 0.242 e. The van der Waals surface area contributed by atoms with Crippen LogP contribution in [0.1, 0.15) is 25.8 Å². The molecular formula is C17H28ClN3O2S. The van der Waals surface area contributed by atoms with Crippen LogP contribution in [0.2, 0.25) is 0 Å². The molecule has 4 N–H and O–H groups in total. The van der Waals surface area contributed by atoms with Crippen molar-refractivity contribution < 1.29 is 9.59 Å². The van der Waals surface area contributed by atoms with Gasteiger partial charge in [-0.25, -0.2) is 0 Å². The minimum absolute atomic E-state index is 0. The molecule has 0 aliphatic carbocycles. The molecule has 0 spiro atoms. The molecule has 136 valence electrons. The van der Waals surface area contributed by atoms with Gasteiger partial charge in [0.2, 0.25) is 11.8 Å². The number of rotatable bonds is 9. The average molecular weight is 374 g/mol. The number of nitrogens with two attached hydrogens (primary N) is 1. The van der Waals surface area contributed by atoms with Gasteiger partial charge in [-0.05, 0) is 37.8 Å². The highest BCUT2D eigenvalue weighted by Crippen LogP contribution is 2.04. The standard InChI is InChI=1S/C17H27N3O2S.ClH/c1-17(2,18)12-19-16(22)14(9-10-23-3)20-15(21)11-13-7-5-4-6-8-13;/h4-8,14H,9-12,18H2,1-3H3,(H,19,22)(H,20,21);1H. The molecule has 0 saturated heterocycles. The van der Waals surface area contributed by atoms with E-state index in [9.17, 15) is 9.59 Å². The van der Waals surface area contributed by atoms with Crippen molar-refractivity contribution in [1.82, 2.24) is 10.6 Å². The minimum atomic E-state index is -0.527. The summed E-state index contributed by atoms with van der Waals surface area (Å²) >= 11 is 1.65. The van der Waals surface area contributed by atoms with Gasteiger partial charge in [-0.3, -0.25) is 9.59 Å². The van der Waals surface area contributed by atoms with Crippen molar-refractivity contribution in [1.29, 1.82) is 0 Å². The number of carbonyl (C=O) groups is 2. The SMILES string of the molecule is CSCCC(NC(=O)Cc1ccccc1)C(=O)NCC(C)(C)N.Cl. The quantitative estimate of drug-likeness (QED) is 0.615. The van der Waals surface area contributed by atoms with Crippen LogP contribution in [0.25, 0.3) is 0 Å². The van der Waals surface area contributed by atoms with E-state index < -0.39 is 11.6 Å². The van der Waals surface area contributed by atoms with E-state index in [1.54, 1.807) is 11.8 Å². The monoisotopic (exact) mass is 373 g/mol. The molecule has 0 radical (unpaired) electrons. The first kappa shape index (κ1) is 22.8. The number of benzene rings is 1. The second-order valence-corrected chi connectivity index (χ2v) is 7.26. The van der Waals surface area contributed by atoms with Crippen LogP contribution in [-0.4, -0.2) is 41.9 Å². The first-order chi connectivity index (χ1) is 10.8. The van der Waals surface area contributed by atoms with Gasteiger partial charge in [-0.1, -0.05) is 30.3 Å². The number of nitrogens with one attached hydrogen (secondary N) is 2. The fraction of sp³-hybridized carbons (Fsp3) is 0.529. The van der Waals surface area contributed by atoms with Crippen LogP contribution < -0.4 is 16.4 Å². The second kappa shape index (κ2) is 11.3. The van der Waals surface area contributed by atoms with Crippen molar-refractivity contribution >= 4 is 36.0 Å². The van der Waals surface area contributed by atoms with Gasteiger partial charge < -0.3 is 16.4 Å². The second-order valence-electron chi connectivity index (χ2n) is 6.27. The van der Waals surface area contributed by atoms with Gasteiger partial charge in [0.1, 0.15) is 6.04 Å². The summed E-state index contributed by atoms with van der Waals surface area (Å²) in [6.45, 7) is 4.06. The van der Waals surface area contributed by atoms with E-state index in [-0.39, 0.29) is 30.6 Å². The third-order valence-electron chi connectivity index (χ3n) is 3.19. The Kier molecular flexibility index (Phi) is 10.8. The number of amides is 2. The molecule has 7 heteroatoms. The predicted molar refractivity (Wildman–Crippen MR) is 104 cm³/mol. The molecule has 1 aromatic rings. The van der Waals surface area contributed by atoms with Crippen LogP contribution in [0.15, 0.2) is 30.3 Å². The van der Waals surface area contributed by atoms with Crippen molar-refractivity contribution in [3.8, 4) is 0 Å². The molecule has 1 aromatic carbocycles. The Labute approximate surface area is 154 Å². The number of hydrogen-bond acceptors (Lipinski definition) is 4. The Hall–Kier alpha value is -1.24. The van der Waals surface area contributed by atoms with Gasteiger partial charge in [-0.15, -0.1) is 12.4 Å². The maximum atomic E-state index is 12.3. The highest BCUT2D eigenvalue weighted by Gasteiger charge is 2.22. The van der Waals surface area contributed by atoms with Gasteiger partial charge in [0.25, 0.3) is 0 Å². The van der Waals surface area contributed by atoms with Crippen molar-refractivity contribution in [2.75, 3.05) is 18.6 Å². The molecule has 0 bridgehead atoms. The van der Waals surface area contributed by atoms with Crippen LogP contribution in [-0.2, 0) is 16.0 Å². The summed E-state index contributed by atoms with van der Waals surface area (Å²) in [5.74, 6) is 0.471. The predicted octanol–water partition coefficient (Wildman–Crippen LogP) is 1.74. The zero-order valence-electron chi connectivity index (χ0n) is 14.5. The van der Waals surface area contributed by atoms with Gasteiger partial charge in [0, 0.05) is 12.1 Å². The molecule has 0 saturated carbocycles. The molecule has 0 aromatic heterocycles. The van der Waals surface area contributed by atoms with E-state index in [2.05, 4.69) is 10.6 Å². The molecule has 1 unspecified atom stereocenters. The largest absolute Gasteiger partial charge is 0.352 e. The fourth-order valence-electron chi connectivity index (χ4n) is 1.97. The molecule has 1 atom stereocenters. The van der Waals surface area contributed by atoms with Crippen LogP contribution in [0.3, 0.4) is 0 Å². The zero-order valence-corrected chi connectivity index (χ0v) is 16.1. The molecule has 2 amide bonds. The summed E-state index contributed by atoms with van der Waals surface area (Å²) in [6.07, 6.45) is 2.84. The van der Waals surface area contributed by atoms with E-state index in [0.717, 1.165) is 11.3 Å². The molecule has 1 rings (SSSR count). The number of halogens is 1. The number of hydrogen-bond donors (Lipinski definition) is 3. The highest BCUT2D eigenvalue weighted by molar-refractivity contribution is 7.98. The lowest BCUT2D eigenvalue weighted by atomic mass is 10.1. The summed E-state index contributed by atoms with van der Waals surface area (Å²) in [5.41, 5.74) is 6.33. The molecule has 5 nitrogen and oxygen atoms in total. The summed E-state index contributed by atoms with van der Waals surface area (Å²) in [7, 11) is 0. The third-order valence-corrected chi connectivity index (χ3v) is 3.83. The topological polar surface area (TPSA) is 84.2 Å². The van der Waals surface area contributed by atoms with E-state index in [4.69, 9.17) is 5.73 Å². The fourth-order valence-corrected chi connectivity index (χ4v) is 2.44. The third kappa shape index (κ3) is 9.80. The van der Waals surface area contributed by atoms with Crippen molar-refractivity contribution in [2.24, 2.45) is 5.73 Å². The van der Waals surface area contributed by atoms with Crippen LogP contribution in [0, 0.1) is 0 Å². The van der Waals surface area contributed by atoms with Crippen molar-refractivity contribution in [2.45, 2.75) is 38.3 Å². The van der Waals surface area contributed by atoms with Gasteiger partial charge in [0.15, 0.2) is 0 Å². The summed E-state index contributed by atoms with van der Waals surface area (Å²) < 4.78 is 0. The van der Waals surface area contributed by atoms with Gasteiger partial charge in [0.05, 0.1) is 6.42 Å². The maximum absolute atomic E-state index is 12.3. The van der Waals surface area contributed by atoms with Crippen molar-refractivity contribution in [3.63, 3.8) is 0 Å². The van der Waals surface area contributed by atoms with Crippen LogP contribution >= 0.6 is 24.2 Å². The lowest BCUT2D eigenvalue weighted by Gasteiger charge is -2.23. The first-order valence-electron chi connectivity index (χ1n) is 7.70. The maximum Gasteiger partial charge on any atom is 0.242 e. The number of carbonyl (C=O) groups excluding carboxylic acids is 2. The van der Waals surface area contributed by atoms with Crippen molar-refractivity contribution in [3.05, 3.63) is 35.9 Å². The minimum Gasteiger partial charge on any atom is -0.352 e. The summed E-state index contributed by atoms with van der Waals surface area (Å²) in [4.78, 5) is 24.5. The number of thioether (sulfide) groups is 1. The molecule has 0 aliphatic rings.